The van der Waals surface area contributed by atoms with Crippen LogP contribution in [0.1, 0.15) is 45.1 Å². The van der Waals surface area contributed by atoms with Crippen LogP contribution in [0.4, 0.5) is 0 Å². The summed E-state index contributed by atoms with van der Waals surface area (Å²) in [5.41, 5.74) is 2.34. The topological polar surface area (TPSA) is 30.5 Å². The first-order valence-electron chi connectivity index (χ1n) is 7.84. The molecule has 3 heteroatoms. The van der Waals surface area contributed by atoms with Gasteiger partial charge in [0.15, 0.2) is 11.5 Å². The van der Waals surface area contributed by atoms with Gasteiger partial charge in [-0.25, -0.2) is 0 Å². The van der Waals surface area contributed by atoms with Crippen LogP contribution in [0.25, 0.3) is 0 Å². The molecule has 3 nitrogen and oxygen atoms in total. The molecular formula is C18H27NO2. The van der Waals surface area contributed by atoms with Crippen LogP contribution in [0, 0.1) is 0 Å². The standard InChI is InChI=1S/C18H27NO2/c1-13(2)12-20-17-8-7-15(10-18(17)21-14(3)4)16-6-5-9-19-11-16/h7-8,10,14,16,19H,1,5-6,9,11-12H2,2-4H3. The van der Waals surface area contributed by atoms with Crippen molar-refractivity contribution in [3.8, 4) is 11.5 Å². The molecule has 1 unspecified atom stereocenters. The van der Waals surface area contributed by atoms with E-state index in [0.717, 1.165) is 30.2 Å². The van der Waals surface area contributed by atoms with Crippen molar-refractivity contribution in [1.82, 2.24) is 5.32 Å². The molecule has 1 N–H and O–H groups in total. The van der Waals surface area contributed by atoms with Gasteiger partial charge in [-0.1, -0.05) is 12.6 Å². The minimum atomic E-state index is 0.136. The van der Waals surface area contributed by atoms with Crippen LogP contribution in [-0.2, 0) is 0 Å². The van der Waals surface area contributed by atoms with Crippen LogP contribution in [0.3, 0.4) is 0 Å². The molecule has 21 heavy (non-hydrogen) atoms. The highest BCUT2D eigenvalue weighted by Crippen LogP contribution is 2.34. The number of hydrogen-bond acceptors (Lipinski definition) is 3. The van der Waals surface area contributed by atoms with Gasteiger partial charge in [0.25, 0.3) is 0 Å². The van der Waals surface area contributed by atoms with Crippen LogP contribution in [-0.4, -0.2) is 25.8 Å². The fraction of sp³-hybridized carbons (Fsp3) is 0.556. The van der Waals surface area contributed by atoms with Crippen LogP contribution < -0.4 is 14.8 Å². The van der Waals surface area contributed by atoms with Crippen molar-refractivity contribution < 1.29 is 9.47 Å². The van der Waals surface area contributed by atoms with Gasteiger partial charge in [0.2, 0.25) is 0 Å². The average molecular weight is 289 g/mol. The van der Waals surface area contributed by atoms with Gasteiger partial charge >= 0.3 is 0 Å². The van der Waals surface area contributed by atoms with Gasteiger partial charge in [0, 0.05) is 6.54 Å². The highest BCUT2D eigenvalue weighted by atomic mass is 16.5. The third-order valence-corrected chi connectivity index (χ3v) is 3.57. The summed E-state index contributed by atoms with van der Waals surface area (Å²) < 4.78 is 11.7. The molecule has 116 valence electrons. The molecule has 0 aliphatic carbocycles. The Morgan fingerprint density at radius 1 is 1.38 bits per heavy atom. The Balaban J connectivity index is 2.18. The Bertz CT molecular complexity index is 476. The van der Waals surface area contributed by atoms with E-state index in [-0.39, 0.29) is 6.10 Å². The molecule has 1 aliphatic heterocycles. The Hall–Kier alpha value is -1.48. The second-order valence-corrected chi connectivity index (χ2v) is 6.16. The molecule has 0 amide bonds. The summed E-state index contributed by atoms with van der Waals surface area (Å²) in [6, 6.07) is 6.34. The second kappa shape index (κ2) is 7.51. The largest absolute Gasteiger partial charge is 0.487 e. The van der Waals surface area contributed by atoms with E-state index in [9.17, 15) is 0 Å². The van der Waals surface area contributed by atoms with E-state index in [0.29, 0.717) is 12.5 Å². The van der Waals surface area contributed by atoms with E-state index in [2.05, 4.69) is 24.0 Å². The quantitative estimate of drug-likeness (QED) is 0.806. The summed E-state index contributed by atoms with van der Waals surface area (Å²) in [5, 5.41) is 3.46. The highest BCUT2D eigenvalue weighted by Gasteiger charge is 2.17. The first-order valence-corrected chi connectivity index (χ1v) is 7.84. The SMILES string of the molecule is C=C(C)COc1ccc(C2CCCNC2)cc1OC(C)C. The first-order chi connectivity index (χ1) is 10.1. The van der Waals surface area contributed by atoms with Gasteiger partial charge in [-0.15, -0.1) is 0 Å². The van der Waals surface area contributed by atoms with E-state index in [1.54, 1.807) is 0 Å². The minimum absolute atomic E-state index is 0.136. The molecule has 1 heterocycles. The molecular weight excluding hydrogens is 262 g/mol. The molecule has 1 saturated heterocycles. The van der Waals surface area contributed by atoms with Crippen molar-refractivity contribution >= 4 is 0 Å². The third kappa shape index (κ3) is 4.78. The van der Waals surface area contributed by atoms with Crippen molar-refractivity contribution in [3.63, 3.8) is 0 Å². The lowest BCUT2D eigenvalue weighted by Gasteiger charge is -2.24. The van der Waals surface area contributed by atoms with Crippen molar-refractivity contribution in [3.05, 3.63) is 35.9 Å². The van der Waals surface area contributed by atoms with Gasteiger partial charge in [0.05, 0.1) is 6.10 Å². The molecule has 0 saturated carbocycles. The maximum atomic E-state index is 5.93. The van der Waals surface area contributed by atoms with Crippen LogP contribution >= 0.6 is 0 Å². The number of nitrogens with one attached hydrogen (secondary N) is 1. The Labute approximate surface area is 128 Å². The molecule has 0 radical (unpaired) electrons. The summed E-state index contributed by atoms with van der Waals surface area (Å²) in [6.07, 6.45) is 2.61. The van der Waals surface area contributed by atoms with Gasteiger partial charge in [-0.2, -0.15) is 0 Å². The molecule has 0 aromatic heterocycles. The summed E-state index contributed by atoms with van der Waals surface area (Å²) in [5.74, 6) is 2.22. The Kier molecular flexibility index (Phi) is 5.68. The van der Waals surface area contributed by atoms with E-state index in [1.807, 2.05) is 26.8 Å². The number of piperidine rings is 1. The molecule has 1 fully saturated rings. The van der Waals surface area contributed by atoms with Crippen LogP contribution in [0.15, 0.2) is 30.4 Å². The summed E-state index contributed by atoms with van der Waals surface area (Å²) in [6.45, 7) is 12.6. The van der Waals surface area contributed by atoms with Gasteiger partial charge in [-0.05, 0) is 69.3 Å². The van der Waals surface area contributed by atoms with Crippen LogP contribution in [0.2, 0.25) is 0 Å². The Morgan fingerprint density at radius 3 is 2.81 bits per heavy atom. The Morgan fingerprint density at radius 2 is 2.19 bits per heavy atom. The number of benzene rings is 1. The zero-order valence-electron chi connectivity index (χ0n) is 13.4. The normalized spacial score (nSPS) is 18.6. The third-order valence-electron chi connectivity index (χ3n) is 3.57. The van der Waals surface area contributed by atoms with Crippen molar-refractivity contribution in [1.29, 1.82) is 0 Å². The monoisotopic (exact) mass is 289 g/mol. The van der Waals surface area contributed by atoms with Crippen molar-refractivity contribution in [2.45, 2.75) is 45.6 Å². The number of rotatable bonds is 6. The van der Waals surface area contributed by atoms with Gasteiger partial charge < -0.3 is 14.8 Å². The van der Waals surface area contributed by atoms with E-state index < -0.39 is 0 Å². The maximum absolute atomic E-state index is 5.93. The molecule has 0 spiro atoms. The molecule has 1 aromatic carbocycles. The predicted octanol–water partition coefficient (Wildman–Crippen LogP) is 3.90. The lowest BCUT2D eigenvalue weighted by Crippen LogP contribution is -2.28. The average Bonchev–Trinajstić information content (AvgIpc) is 2.46. The van der Waals surface area contributed by atoms with Gasteiger partial charge in [-0.3, -0.25) is 0 Å². The summed E-state index contributed by atoms with van der Waals surface area (Å²) >= 11 is 0. The van der Waals surface area contributed by atoms with Crippen molar-refractivity contribution in [2.75, 3.05) is 19.7 Å². The summed E-state index contributed by atoms with van der Waals surface area (Å²) in [4.78, 5) is 0. The molecule has 1 atom stereocenters. The fourth-order valence-corrected chi connectivity index (χ4v) is 2.58. The zero-order chi connectivity index (χ0) is 15.2. The lowest BCUT2D eigenvalue weighted by atomic mass is 9.91. The van der Waals surface area contributed by atoms with Crippen molar-refractivity contribution in [2.24, 2.45) is 0 Å². The molecule has 2 rings (SSSR count). The highest BCUT2D eigenvalue weighted by molar-refractivity contribution is 5.44. The molecule has 0 bridgehead atoms. The molecule has 1 aromatic rings. The van der Waals surface area contributed by atoms with E-state index >= 15 is 0 Å². The number of hydrogen-bond donors (Lipinski definition) is 1. The zero-order valence-corrected chi connectivity index (χ0v) is 13.4. The van der Waals surface area contributed by atoms with E-state index in [4.69, 9.17) is 9.47 Å². The smallest absolute Gasteiger partial charge is 0.161 e. The lowest BCUT2D eigenvalue weighted by molar-refractivity contribution is 0.225. The predicted molar refractivity (Wildman–Crippen MR) is 87.4 cm³/mol. The second-order valence-electron chi connectivity index (χ2n) is 6.16. The minimum Gasteiger partial charge on any atom is -0.487 e. The number of ether oxygens (including phenoxy) is 2. The fourth-order valence-electron chi connectivity index (χ4n) is 2.58. The van der Waals surface area contributed by atoms with E-state index in [1.165, 1.54) is 18.4 Å². The maximum Gasteiger partial charge on any atom is 0.161 e. The first kappa shape index (κ1) is 15.9. The van der Waals surface area contributed by atoms with Crippen LogP contribution in [0.5, 0.6) is 11.5 Å². The summed E-state index contributed by atoms with van der Waals surface area (Å²) in [7, 11) is 0. The van der Waals surface area contributed by atoms with Gasteiger partial charge in [0.1, 0.15) is 6.61 Å². The molecule has 1 aliphatic rings.